The molecule has 0 radical (unpaired) electrons. The Bertz CT molecular complexity index is 1020. The molecule has 0 fully saturated rings. The Hall–Kier alpha value is -3.00. The number of fused-ring (bicyclic) bond motifs is 1. The number of halogens is 1. The fourth-order valence-electron chi connectivity index (χ4n) is 2.68. The minimum Gasteiger partial charge on any atom is -0.351 e. The number of thiazole rings is 1. The fraction of sp³-hybridized carbons (Fsp3) is 0.167. The van der Waals surface area contributed by atoms with Crippen molar-refractivity contribution in [2.75, 3.05) is 6.54 Å². The van der Waals surface area contributed by atoms with Gasteiger partial charge in [0.15, 0.2) is 4.96 Å². The molecule has 0 saturated heterocycles. The van der Waals surface area contributed by atoms with Crippen LogP contribution in [0.2, 0.25) is 0 Å². The maximum Gasteiger partial charge on any atom is 0.269 e. The van der Waals surface area contributed by atoms with Crippen LogP contribution in [0.15, 0.2) is 54.6 Å². The average molecular weight is 369 g/mol. The normalized spacial score (nSPS) is 11.1. The van der Waals surface area contributed by atoms with Crippen molar-refractivity contribution >= 4 is 22.2 Å². The Morgan fingerprint density at radius 2 is 2.12 bits per heavy atom. The van der Waals surface area contributed by atoms with Crippen LogP contribution >= 0.6 is 11.3 Å². The second-order valence-corrected chi connectivity index (χ2v) is 6.65. The lowest BCUT2D eigenvalue weighted by Gasteiger charge is -2.05. The summed E-state index contributed by atoms with van der Waals surface area (Å²) in [6.45, 7) is 1.38. The van der Waals surface area contributed by atoms with Gasteiger partial charge in [0.1, 0.15) is 11.5 Å². The van der Waals surface area contributed by atoms with Crippen molar-refractivity contribution in [2.45, 2.75) is 13.0 Å². The Morgan fingerprint density at radius 3 is 2.88 bits per heavy atom. The van der Waals surface area contributed by atoms with Crippen LogP contribution in [-0.4, -0.2) is 31.4 Å². The van der Waals surface area contributed by atoms with Gasteiger partial charge in [0, 0.05) is 42.6 Å². The second-order valence-electron chi connectivity index (χ2n) is 5.82. The molecule has 1 aromatic carbocycles. The lowest BCUT2D eigenvalue weighted by Crippen LogP contribution is -2.26. The van der Waals surface area contributed by atoms with Gasteiger partial charge in [-0.1, -0.05) is 0 Å². The molecule has 0 spiro atoms. The molecule has 3 aromatic heterocycles. The zero-order valence-electron chi connectivity index (χ0n) is 13.8. The molecule has 0 bridgehead atoms. The van der Waals surface area contributed by atoms with Gasteiger partial charge in [0.25, 0.3) is 5.91 Å². The standard InChI is InChI=1S/C18H16FN5OS/c19-14-4-2-13(3-5-14)15-10-24-16(11-26-18(24)22-15)17(25)21-6-1-8-23-9-7-20-12-23/h2-5,7,9-12H,1,6,8H2,(H,21,25). The third-order valence-corrected chi connectivity index (χ3v) is 4.86. The van der Waals surface area contributed by atoms with E-state index in [-0.39, 0.29) is 11.7 Å². The van der Waals surface area contributed by atoms with Gasteiger partial charge in [0.2, 0.25) is 0 Å². The zero-order valence-corrected chi connectivity index (χ0v) is 14.6. The Labute approximate surface area is 152 Å². The van der Waals surface area contributed by atoms with Crippen molar-refractivity contribution in [3.05, 3.63) is 66.1 Å². The number of carbonyl (C=O) groups is 1. The highest BCUT2D eigenvalue weighted by Gasteiger charge is 2.15. The number of benzene rings is 1. The summed E-state index contributed by atoms with van der Waals surface area (Å²) in [5.41, 5.74) is 2.08. The van der Waals surface area contributed by atoms with Crippen molar-refractivity contribution in [2.24, 2.45) is 0 Å². The SMILES string of the molecule is O=C(NCCCn1ccnc1)c1csc2nc(-c3ccc(F)cc3)cn12. The summed E-state index contributed by atoms with van der Waals surface area (Å²) in [6.07, 6.45) is 8.01. The lowest BCUT2D eigenvalue weighted by molar-refractivity contribution is 0.0947. The number of nitrogens with one attached hydrogen (secondary N) is 1. The van der Waals surface area contributed by atoms with E-state index in [0.29, 0.717) is 17.9 Å². The van der Waals surface area contributed by atoms with Crippen LogP contribution in [0, 0.1) is 5.82 Å². The molecule has 6 nitrogen and oxygen atoms in total. The van der Waals surface area contributed by atoms with Gasteiger partial charge in [-0.3, -0.25) is 9.20 Å². The number of rotatable bonds is 6. The van der Waals surface area contributed by atoms with Crippen molar-refractivity contribution in [3.8, 4) is 11.3 Å². The van der Waals surface area contributed by atoms with Crippen LogP contribution in [0.5, 0.6) is 0 Å². The number of imidazole rings is 2. The highest BCUT2D eigenvalue weighted by atomic mass is 32.1. The van der Waals surface area contributed by atoms with E-state index in [1.54, 1.807) is 40.6 Å². The molecular formula is C18H16FN5OS. The Kier molecular flexibility index (Phi) is 4.49. The van der Waals surface area contributed by atoms with E-state index < -0.39 is 0 Å². The summed E-state index contributed by atoms with van der Waals surface area (Å²) in [5.74, 6) is -0.421. The number of aromatic nitrogens is 4. The van der Waals surface area contributed by atoms with E-state index in [2.05, 4.69) is 15.3 Å². The van der Waals surface area contributed by atoms with Crippen molar-refractivity contribution < 1.29 is 9.18 Å². The molecule has 4 rings (SSSR count). The van der Waals surface area contributed by atoms with Crippen LogP contribution in [0.3, 0.4) is 0 Å². The monoisotopic (exact) mass is 369 g/mol. The molecule has 3 heterocycles. The van der Waals surface area contributed by atoms with Gasteiger partial charge in [-0.25, -0.2) is 14.4 Å². The Balaban J connectivity index is 1.44. The van der Waals surface area contributed by atoms with E-state index in [1.165, 1.54) is 23.5 Å². The number of carbonyl (C=O) groups excluding carboxylic acids is 1. The molecule has 26 heavy (non-hydrogen) atoms. The number of hydrogen-bond acceptors (Lipinski definition) is 4. The predicted molar refractivity (Wildman–Crippen MR) is 97.6 cm³/mol. The number of aryl methyl sites for hydroxylation is 1. The summed E-state index contributed by atoms with van der Waals surface area (Å²) in [6, 6.07) is 6.16. The quantitative estimate of drug-likeness (QED) is 0.531. The van der Waals surface area contributed by atoms with Crippen LogP contribution in [-0.2, 0) is 6.54 Å². The molecule has 1 amide bonds. The van der Waals surface area contributed by atoms with Crippen LogP contribution in [0.4, 0.5) is 4.39 Å². The molecule has 8 heteroatoms. The van der Waals surface area contributed by atoms with Crippen molar-refractivity contribution in [3.63, 3.8) is 0 Å². The van der Waals surface area contributed by atoms with E-state index in [0.717, 1.165) is 23.5 Å². The molecule has 0 aliphatic rings. The maximum atomic E-state index is 13.1. The largest absolute Gasteiger partial charge is 0.351 e. The van der Waals surface area contributed by atoms with Crippen LogP contribution < -0.4 is 5.32 Å². The molecule has 1 N–H and O–H groups in total. The first-order valence-corrected chi connectivity index (χ1v) is 9.05. The first-order chi connectivity index (χ1) is 12.7. The van der Waals surface area contributed by atoms with E-state index in [1.807, 2.05) is 10.8 Å². The number of hydrogen-bond donors (Lipinski definition) is 1. The minimum absolute atomic E-state index is 0.134. The number of nitrogens with zero attached hydrogens (tertiary/aromatic N) is 4. The van der Waals surface area contributed by atoms with E-state index in [4.69, 9.17) is 0 Å². The van der Waals surface area contributed by atoms with E-state index in [9.17, 15) is 9.18 Å². The highest BCUT2D eigenvalue weighted by Crippen LogP contribution is 2.23. The summed E-state index contributed by atoms with van der Waals surface area (Å²) < 4.78 is 16.8. The number of amides is 1. The van der Waals surface area contributed by atoms with Gasteiger partial charge >= 0.3 is 0 Å². The fourth-order valence-corrected chi connectivity index (χ4v) is 3.53. The summed E-state index contributed by atoms with van der Waals surface area (Å²) >= 11 is 1.40. The predicted octanol–water partition coefficient (Wildman–Crippen LogP) is 3.22. The zero-order chi connectivity index (χ0) is 17.9. The Morgan fingerprint density at radius 1 is 1.27 bits per heavy atom. The van der Waals surface area contributed by atoms with E-state index >= 15 is 0 Å². The lowest BCUT2D eigenvalue weighted by atomic mass is 10.2. The van der Waals surface area contributed by atoms with Crippen LogP contribution in [0.1, 0.15) is 16.9 Å². The van der Waals surface area contributed by atoms with Crippen molar-refractivity contribution in [1.29, 1.82) is 0 Å². The van der Waals surface area contributed by atoms with Crippen molar-refractivity contribution in [1.82, 2.24) is 24.3 Å². The highest BCUT2D eigenvalue weighted by molar-refractivity contribution is 7.15. The van der Waals surface area contributed by atoms with Gasteiger partial charge in [-0.15, -0.1) is 11.3 Å². The minimum atomic E-state index is -0.287. The first-order valence-electron chi connectivity index (χ1n) is 8.17. The molecule has 0 saturated carbocycles. The second kappa shape index (κ2) is 7.09. The molecule has 0 atom stereocenters. The first kappa shape index (κ1) is 16.5. The molecule has 4 aromatic rings. The molecular weight excluding hydrogens is 353 g/mol. The third-order valence-electron chi connectivity index (χ3n) is 4.02. The topological polar surface area (TPSA) is 64.2 Å². The summed E-state index contributed by atoms with van der Waals surface area (Å²) in [7, 11) is 0. The summed E-state index contributed by atoms with van der Waals surface area (Å²) in [5, 5.41) is 4.73. The van der Waals surface area contributed by atoms with Gasteiger partial charge < -0.3 is 9.88 Å². The van der Waals surface area contributed by atoms with Crippen LogP contribution in [0.25, 0.3) is 16.2 Å². The average Bonchev–Trinajstić information content (AvgIpc) is 3.36. The third kappa shape index (κ3) is 3.36. The molecule has 0 aliphatic carbocycles. The van der Waals surface area contributed by atoms with Gasteiger partial charge in [-0.05, 0) is 30.7 Å². The summed E-state index contributed by atoms with van der Waals surface area (Å²) in [4.78, 5) is 21.7. The maximum absolute atomic E-state index is 13.1. The molecule has 0 aliphatic heterocycles. The molecule has 0 unspecified atom stereocenters. The van der Waals surface area contributed by atoms with Gasteiger partial charge in [0.05, 0.1) is 12.0 Å². The van der Waals surface area contributed by atoms with Gasteiger partial charge in [-0.2, -0.15) is 0 Å². The smallest absolute Gasteiger partial charge is 0.269 e. The molecule has 132 valence electrons.